The molecule has 0 radical (unpaired) electrons. The fourth-order valence-electron chi connectivity index (χ4n) is 2.58. The molecule has 4 rings (SSSR count). The lowest BCUT2D eigenvalue weighted by atomic mass is 10.1. The van der Waals surface area contributed by atoms with Crippen LogP contribution in [0.15, 0.2) is 42.9 Å². The summed E-state index contributed by atoms with van der Waals surface area (Å²) < 4.78 is 12.0. The molecule has 1 unspecified atom stereocenters. The smallest absolute Gasteiger partial charge is 0.156 e. The van der Waals surface area contributed by atoms with Crippen molar-refractivity contribution < 1.29 is 4.74 Å². The number of hydrogen-bond donors (Lipinski definition) is 0. The van der Waals surface area contributed by atoms with Crippen LogP contribution in [0.5, 0.6) is 5.75 Å². The maximum absolute atomic E-state index is 5.75. The molecule has 4 nitrogen and oxygen atoms in total. The van der Waals surface area contributed by atoms with E-state index in [-0.39, 0.29) is 6.10 Å². The molecule has 0 aliphatic carbocycles. The highest BCUT2D eigenvalue weighted by atomic mass is 32.1. The van der Waals surface area contributed by atoms with Gasteiger partial charge in [0, 0.05) is 30.7 Å². The third-order valence-electron chi connectivity index (χ3n) is 3.46. The molecule has 0 amide bonds. The van der Waals surface area contributed by atoms with Crippen molar-refractivity contribution in [3.63, 3.8) is 0 Å². The van der Waals surface area contributed by atoms with E-state index in [2.05, 4.69) is 33.0 Å². The van der Waals surface area contributed by atoms with Crippen LogP contribution < -0.4 is 4.74 Å². The quantitative estimate of drug-likeness (QED) is 0.724. The third kappa shape index (κ3) is 1.82. The first-order valence-electron chi connectivity index (χ1n) is 6.55. The van der Waals surface area contributed by atoms with Crippen molar-refractivity contribution in [2.75, 3.05) is 0 Å². The molecule has 0 saturated carbocycles. The van der Waals surface area contributed by atoms with Crippen LogP contribution in [0.1, 0.15) is 12.5 Å². The van der Waals surface area contributed by atoms with Gasteiger partial charge in [-0.1, -0.05) is 0 Å². The standard InChI is InChI=1S/C15H13N3OS/c1-10-8-11-9-12(2-3-13(11)19-10)18-7-6-16-15(18)14-4-5-17-20-14/h2-7,9-10H,8H2,1H3. The minimum absolute atomic E-state index is 0.268. The van der Waals surface area contributed by atoms with E-state index in [1.54, 1.807) is 6.20 Å². The van der Waals surface area contributed by atoms with Crippen LogP contribution in [-0.4, -0.2) is 20.0 Å². The van der Waals surface area contributed by atoms with E-state index in [1.165, 1.54) is 17.1 Å². The molecule has 1 atom stereocenters. The zero-order valence-corrected chi connectivity index (χ0v) is 11.8. The topological polar surface area (TPSA) is 39.9 Å². The number of fused-ring (bicyclic) bond motifs is 1. The van der Waals surface area contributed by atoms with E-state index in [9.17, 15) is 0 Å². The van der Waals surface area contributed by atoms with Crippen molar-refractivity contribution in [3.05, 3.63) is 48.4 Å². The number of ether oxygens (including phenoxy) is 1. The molecular weight excluding hydrogens is 270 g/mol. The van der Waals surface area contributed by atoms with Crippen LogP contribution in [0.25, 0.3) is 16.4 Å². The van der Waals surface area contributed by atoms with Gasteiger partial charge in [-0.3, -0.25) is 4.57 Å². The summed E-state index contributed by atoms with van der Waals surface area (Å²) in [6, 6.07) is 8.29. The SMILES string of the molecule is CC1Cc2cc(-n3ccnc3-c3ccns3)ccc2O1. The number of imidazole rings is 1. The van der Waals surface area contributed by atoms with E-state index >= 15 is 0 Å². The lowest BCUT2D eigenvalue weighted by Crippen LogP contribution is -2.05. The molecule has 2 aromatic heterocycles. The maximum atomic E-state index is 5.75. The van der Waals surface area contributed by atoms with E-state index in [0.717, 1.165) is 28.6 Å². The highest BCUT2D eigenvalue weighted by molar-refractivity contribution is 7.09. The molecule has 5 heteroatoms. The first kappa shape index (κ1) is 11.7. The average Bonchev–Trinajstić information content (AvgIpc) is 3.16. The maximum Gasteiger partial charge on any atom is 0.156 e. The first-order valence-corrected chi connectivity index (χ1v) is 7.33. The molecule has 100 valence electrons. The molecule has 0 spiro atoms. The minimum Gasteiger partial charge on any atom is -0.490 e. The second-order valence-corrected chi connectivity index (χ2v) is 5.76. The summed E-state index contributed by atoms with van der Waals surface area (Å²) in [5, 5.41) is 0. The monoisotopic (exact) mass is 283 g/mol. The molecule has 0 bridgehead atoms. The predicted molar refractivity (Wildman–Crippen MR) is 78.5 cm³/mol. The van der Waals surface area contributed by atoms with E-state index in [0.29, 0.717) is 0 Å². The van der Waals surface area contributed by atoms with Crippen molar-refractivity contribution >= 4 is 11.5 Å². The number of hydrogen-bond acceptors (Lipinski definition) is 4. The Morgan fingerprint density at radius 2 is 2.25 bits per heavy atom. The van der Waals surface area contributed by atoms with Crippen LogP contribution in [0.3, 0.4) is 0 Å². The summed E-state index contributed by atoms with van der Waals surface area (Å²) in [4.78, 5) is 5.52. The molecule has 0 saturated heterocycles. The van der Waals surface area contributed by atoms with Crippen molar-refractivity contribution in [1.29, 1.82) is 0 Å². The summed E-state index contributed by atoms with van der Waals surface area (Å²) in [7, 11) is 0. The van der Waals surface area contributed by atoms with Crippen LogP contribution in [0.4, 0.5) is 0 Å². The van der Waals surface area contributed by atoms with Gasteiger partial charge in [-0.25, -0.2) is 9.36 Å². The van der Waals surface area contributed by atoms with Gasteiger partial charge in [0.15, 0.2) is 5.82 Å². The zero-order valence-electron chi connectivity index (χ0n) is 11.0. The Morgan fingerprint density at radius 1 is 1.30 bits per heavy atom. The lowest BCUT2D eigenvalue weighted by Gasteiger charge is -2.08. The van der Waals surface area contributed by atoms with E-state index in [4.69, 9.17) is 4.74 Å². The normalized spacial score (nSPS) is 16.9. The fourth-order valence-corrected chi connectivity index (χ4v) is 3.17. The van der Waals surface area contributed by atoms with Crippen LogP contribution >= 0.6 is 11.5 Å². The van der Waals surface area contributed by atoms with Crippen molar-refractivity contribution in [3.8, 4) is 22.1 Å². The summed E-state index contributed by atoms with van der Waals surface area (Å²) in [5.74, 6) is 1.93. The molecule has 0 N–H and O–H groups in total. The number of aromatic nitrogens is 3. The zero-order chi connectivity index (χ0) is 13.5. The lowest BCUT2D eigenvalue weighted by molar-refractivity contribution is 0.254. The Bertz CT molecular complexity index is 748. The Labute approximate surface area is 120 Å². The summed E-state index contributed by atoms with van der Waals surface area (Å²) >= 11 is 1.46. The molecular formula is C15H13N3OS. The molecule has 3 aromatic rings. The number of nitrogens with zero attached hydrogens (tertiary/aromatic N) is 3. The Kier molecular flexibility index (Phi) is 2.60. The minimum atomic E-state index is 0.268. The van der Waals surface area contributed by atoms with Crippen molar-refractivity contribution in [2.24, 2.45) is 0 Å². The molecule has 3 heterocycles. The second-order valence-electron chi connectivity index (χ2n) is 4.92. The van der Waals surface area contributed by atoms with Gasteiger partial charge in [0.2, 0.25) is 0 Å². The predicted octanol–water partition coefficient (Wildman–Crippen LogP) is 3.32. The molecule has 1 aliphatic heterocycles. The number of benzene rings is 1. The van der Waals surface area contributed by atoms with Gasteiger partial charge in [0.25, 0.3) is 0 Å². The van der Waals surface area contributed by atoms with Gasteiger partial charge in [-0.15, -0.1) is 0 Å². The second kappa shape index (κ2) is 4.45. The summed E-state index contributed by atoms with van der Waals surface area (Å²) in [6.07, 6.45) is 6.84. The summed E-state index contributed by atoms with van der Waals surface area (Å²) in [6.45, 7) is 2.10. The van der Waals surface area contributed by atoms with Gasteiger partial charge in [-0.05, 0) is 48.3 Å². The van der Waals surface area contributed by atoms with E-state index < -0.39 is 0 Å². The molecule has 1 aromatic carbocycles. The Hall–Kier alpha value is -2.14. The Balaban J connectivity index is 1.80. The van der Waals surface area contributed by atoms with Crippen molar-refractivity contribution in [2.45, 2.75) is 19.4 Å². The highest BCUT2D eigenvalue weighted by Gasteiger charge is 2.20. The van der Waals surface area contributed by atoms with E-state index in [1.807, 2.05) is 24.5 Å². The van der Waals surface area contributed by atoms with Gasteiger partial charge in [0.1, 0.15) is 11.9 Å². The van der Waals surface area contributed by atoms with Crippen LogP contribution in [-0.2, 0) is 6.42 Å². The summed E-state index contributed by atoms with van der Waals surface area (Å²) in [5.41, 5.74) is 2.38. The third-order valence-corrected chi connectivity index (χ3v) is 4.20. The van der Waals surface area contributed by atoms with Crippen LogP contribution in [0, 0.1) is 0 Å². The van der Waals surface area contributed by atoms with Gasteiger partial charge in [0.05, 0.1) is 4.88 Å². The number of rotatable bonds is 2. The van der Waals surface area contributed by atoms with Gasteiger partial charge in [-0.2, -0.15) is 0 Å². The molecule has 1 aliphatic rings. The van der Waals surface area contributed by atoms with Gasteiger partial charge >= 0.3 is 0 Å². The molecule has 0 fully saturated rings. The fraction of sp³-hybridized carbons (Fsp3) is 0.200. The largest absolute Gasteiger partial charge is 0.490 e. The first-order chi connectivity index (χ1) is 9.81. The van der Waals surface area contributed by atoms with Crippen LogP contribution in [0.2, 0.25) is 0 Å². The highest BCUT2D eigenvalue weighted by Crippen LogP contribution is 2.32. The molecule has 20 heavy (non-hydrogen) atoms. The average molecular weight is 283 g/mol. The Morgan fingerprint density at radius 3 is 3.10 bits per heavy atom. The van der Waals surface area contributed by atoms with Crippen molar-refractivity contribution in [1.82, 2.24) is 13.9 Å². The van der Waals surface area contributed by atoms with Gasteiger partial charge < -0.3 is 4.74 Å².